The minimum absolute atomic E-state index is 0.527. The molecule has 2 N–H and O–H groups in total. The van der Waals surface area contributed by atoms with Gasteiger partial charge in [-0.25, -0.2) is 0 Å². The standard InChI is InChI=1S/C30H32B2O2/c1-23(21-25-13-17-29(18-14-25)31(33)27-9-5-3-6-10-27)24(2)22-26-15-19-30(20-16-26)32(34)28-11-7-4-8-12-28/h3-20,23-24,33-34H,21-22H2,1-2H3. The van der Waals surface area contributed by atoms with Crippen molar-refractivity contribution in [2.45, 2.75) is 26.7 Å². The zero-order valence-electron chi connectivity index (χ0n) is 20.0. The predicted molar refractivity (Wildman–Crippen MR) is 146 cm³/mol. The van der Waals surface area contributed by atoms with Crippen LogP contribution in [0.1, 0.15) is 25.0 Å². The van der Waals surface area contributed by atoms with E-state index in [0.717, 1.165) is 34.7 Å². The van der Waals surface area contributed by atoms with Gasteiger partial charge in [0.05, 0.1) is 0 Å². The van der Waals surface area contributed by atoms with Crippen molar-refractivity contribution in [1.82, 2.24) is 0 Å². The Hall–Kier alpha value is -3.07. The van der Waals surface area contributed by atoms with E-state index in [1.54, 1.807) is 0 Å². The van der Waals surface area contributed by atoms with Gasteiger partial charge in [-0.05, 0) is 57.7 Å². The second kappa shape index (κ2) is 11.4. The highest BCUT2D eigenvalue weighted by atomic mass is 16.2. The topological polar surface area (TPSA) is 40.5 Å². The van der Waals surface area contributed by atoms with Crippen LogP contribution in [0.15, 0.2) is 109 Å². The van der Waals surface area contributed by atoms with Crippen LogP contribution in [-0.2, 0) is 12.8 Å². The van der Waals surface area contributed by atoms with E-state index in [2.05, 4.69) is 38.1 Å². The summed E-state index contributed by atoms with van der Waals surface area (Å²) in [6, 6.07) is 36.3. The first-order chi connectivity index (χ1) is 16.5. The van der Waals surface area contributed by atoms with E-state index >= 15 is 0 Å². The van der Waals surface area contributed by atoms with Crippen molar-refractivity contribution < 1.29 is 10.0 Å². The van der Waals surface area contributed by atoms with E-state index in [1.165, 1.54) is 11.1 Å². The summed E-state index contributed by atoms with van der Waals surface area (Å²) in [6.07, 6.45) is 2.02. The van der Waals surface area contributed by atoms with Gasteiger partial charge in [-0.1, -0.05) is 123 Å². The Balaban J connectivity index is 1.32. The van der Waals surface area contributed by atoms with Crippen LogP contribution in [0, 0.1) is 11.8 Å². The molecule has 2 nitrogen and oxygen atoms in total. The van der Waals surface area contributed by atoms with Crippen molar-refractivity contribution in [3.63, 3.8) is 0 Å². The molecule has 0 spiro atoms. The summed E-state index contributed by atoms with van der Waals surface area (Å²) in [7, 11) is 0. The molecule has 4 aromatic rings. The molecule has 34 heavy (non-hydrogen) atoms. The van der Waals surface area contributed by atoms with Crippen molar-refractivity contribution >= 4 is 35.7 Å². The molecule has 0 bridgehead atoms. The van der Waals surface area contributed by atoms with Crippen LogP contribution in [0.25, 0.3) is 0 Å². The number of rotatable bonds is 9. The fraction of sp³-hybridized carbons (Fsp3) is 0.200. The predicted octanol–water partition coefficient (Wildman–Crippen LogP) is 2.94. The molecular weight excluding hydrogens is 414 g/mol. The van der Waals surface area contributed by atoms with E-state index in [-0.39, 0.29) is 0 Å². The summed E-state index contributed by atoms with van der Waals surface area (Å²) in [5.74, 6) is 1.05. The molecule has 0 aromatic heterocycles. The first-order valence-corrected chi connectivity index (χ1v) is 12.1. The van der Waals surface area contributed by atoms with Gasteiger partial charge in [0.25, 0.3) is 0 Å². The molecule has 0 saturated heterocycles. The van der Waals surface area contributed by atoms with Crippen LogP contribution in [-0.4, -0.2) is 23.9 Å². The van der Waals surface area contributed by atoms with Crippen molar-refractivity contribution in [3.05, 3.63) is 120 Å². The van der Waals surface area contributed by atoms with Gasteiger partial charge >= 0.3 is 13.8 Å². The van der Waals surface area contributed by atoms with E-state index in [4.69, 9.17) is 0 Å². The van der Waals surface area contributed by atoms with Crippen LogP contribution >= 0.6 is 0 Å². The van der Waals surface area contributed by atoms with Crippen molar-refractivity contribution in [3.8, 4) is 0 Å². The Labute approximate surface area is 204 Å². The van der Waals surface area contributed by atoms with Crippen molar-refractivity contribution in [2.75, 3.05) is 0 Å². The average molecular weight is 446 g/mol. The molecule has 4 rings (SSSR count). The van der Waals surface area contributed by atoms with Gasteiger partial charge in [-0.3, -0.25) is 0 Å². The number of hydrogen-bond acceptors (Lipinski definition) is 2. The summed E-state index contributed by atoms with van der Waals surface area (Å²) < 4.78 is 0. The summed E-state index contributed by atoms with van der Waals surface area (Å²) in [6.45, 7) is 3.44. The first-order valence-electron chi connectivity index (χ1n) is 12.1. The molecule has 170 valence electrons. The molecule has 0 heterocycles. The minimum Gasteiger partial charge on any atom is -0.443 e. The molecule has 4 heteroatoms. The maximum atomic E-state index is 10.6. The molecule has 2 unspecified atom stereocenters. The third kappa shape index (κ3) is 6.08. The lowest BCUT2D eigenvalue weighted by molar-refractivity contribution is 0.383. The first kappa shape index (κ1) is 24.1. The number of benzene rings is 4. The third-order valence-electron chi connectivity index (χ3n) is 6.91. The van der Waals surface area contributed by atoms with E-state index in [0.29, 0.717) is 11.8 Å². The molecule has 0 aliphatic heterocycles. The van der Waals surface area contributed by atoms with Crippen molar-refractivity contribution in [2.24, 2.45) is 11.8 Å². The Bertz CT molecular complexity index is 1050. The quantitative estimate of drug-likeness (QED) is 0.389. The molecule has 2 atom stereocenters. The molecule has 0 radical (unpaired) electrons. The Kier molecular flexibility index (Phi) is 8.05. The van der Waals surface area contributed by atoms with Crippen LogP contribution in [0.5, 0.6) is 0 Å². The summed E-state index contributed by atoms with van der Waals surface area (Å²) in [5, 5.41) is 21.2. The second-order valence-corrected chi connectivity index (χ2v) is 9.47. The lowest BCUT2D eigenvalue weighted by Gasteiger charge is -2.21. The zero-order valence-corrected chi connectivity index (χ0v) is 20.0. The van der Waals surface area contributed by atoms with Crippen molar-refractivity contribution in [1.29, 1.82) is 0 Å². The number of hydrogen-bond donors (Lipinski definition) is 2. The highest BCUT2D eigenvalue weighted by Gasteiger charge is 2.19. The smallest absolute Gasteiger partial charge is 0.358 e. The second-order valence-electron chi connectivity index (χ2n) is 9.47. The maximum absolute atomic E-state index is 10.6. The molecule has 0 aliphatic rings. The Morgan fingerprint density at radius 1 is 0.471 bits per heavy atom. The summed E-state index contributed by atoms with van der Waals surface area (Å²) >= 11 is 0. The lowest BCUT2D eigenvalue weighted by atomic mass is 9.56. The summed E-state index contributed by atoms with van der Waals surface area (Å²) in [5.41, 5.74) is 6.27. The maximum Gasteiger partial charge on any atom is 0.358 e. The van der Waals surface area contributed by atoms with E-state index in [9.17, 15) is 10.0 Å². The van der Waals surface area contributed by atoms with Crippen LogP contribution in [0.2, 0.25) is 0 Å². The van der Waals surface area contributed by atoms with Gasteiger partial charge in [0, 0.05) is 0 Å². The van der Waals surface area contributed by atoms with Gasteiger partial charge in [0.15, 0.2) is 0 Å². The lowest BCUT2D eigenvalue weighted by Crippen LogP contribution is -2.42. The molecular formula is C30H32B2O2. The fourth-order valence-corrected chi connectivity index (χ4v) is 4.47. The third-order valence-corrected chi connectivity index (χ3v) is 6.91. The van der Waals surface area contributed by atoms with Gasteiger partial charge < -0.3 is 10.0 Å². The molecule has 4 aromatic carbocycles. The fourth-order valence-electron chi connectivity index (χ4n) is 4.47. The van der Waals surface area contributed by atoms with Crippen LogP contribution < -0.4 is 21.9 Å². The largest absolute Gasteiger partial charge is 0.443 e. The van der Waals surface area contributed by atoms with E-state index < -0.39 is 13.8 Å². The minimum atomic E-state index is -0.588. The van der Waals surface area contributed by atoms with Gasteiger partial charge in [-0.15, -0.1) is 0 Å². The normalized spacial score (nSPS) is 12.7. The van der Waals surface area contributed by atoms with Crippen LogP contribution in [0.4, 0.5) is 0 Å². The van der Waals surface area contributed by atoms with Gasteiger partial charge in [0.2, 0.25) is 0 Å². The molecule has 0 amide bonds. The monoisotopic (exact) mass is 446 g/mol. The molecule has 0 saturated carbocycles. The highest BCUT2D eigenvalue weighted by Crippen LogP contribution is 2.21. The summed E-state index contributed by atoms with van der Waals surface area (Å²) in [4.78, 5) is 0. The SMILES string of the molecule is CC(Cc1ccc(B(O)c2ccccc2)cc1)C(C)Cc1ccc(B(O)c2ccccc2)cc1. The molecule has 0 fully saturated rings. The Morgan fingerprint density at radius 3 is 1.09 bits per heavy atom. The zero-order chi connectivity index (χ0) is 23.9. The van der Waals surface area contributed by atoms with Gasteiger partial charge in [0.1, 0.15) is 0 Å². The van der Waals surface area contributed by atoms with Gasteiger partial charge in [-0.2, -0.15) is 0 Å². The van der Waals surface area contributed by atoms with Crippen LogP contribution in [0.3, 0.4) is 0 Å². The molecule has 0 aliphatic carbocycles. The Morgan fingerprint density at radius 2 is 0.765 bits per heavy atom. The average Bonchev–Trinajstić information content (AvgIpc) is 2.89. The highest BCUT2D eigenvalue weighted by molar-refractivity contribution is 6.79. The van der Waals surface area contributed by atoms with E-state index in [1.807, 2.05) is 84.9 Å².